The highest BCUT2D eigenvalue weighted by molar-refractivity contribution is 5.92. The van der Waals surface area contributed by atoms with Gasteiger partial charge in [-0.1, -0.05) is 48.5 Å². The fourth-order valence-corrected chi connectivity index (χ4v) is 4.65. The van der Waals surface area contributed by atoms with Crippen LogP contribution in [-0.4, -0.2) is 35.3 Å². The summed E-state index contributed by atoms with van der Waals surface area (Å²) in [6.07, 6.45) is 0.981. The molecule has 5 rings (SSSR count). The zero-order valence-electron chi connectivity index (χ0n) is 17.2. The molecular weight excluding hydrogens is 392 g/mol. The Hall–Kier alpha value is -3.67. The standard InChI is InChI=1S/C25H22N2O4/c1-15-21(24(28)29)13-16-7-6-12-27(23(16)26-15)25(30)31-14-22-19-10-4-2-8-17(19)18-9-3-5-11-20(18)22/h2-5,8-11,13,22H,6-7,12,14H2,1H3,(H,28,29). The number of hydrogen-bond acceptors (Lipinski definition) is 4. The Bertz CT molecular complexity index is 1160. The number of aryl methyl sites for hydroxylation is 2. The van der Waals surface area contributed by atoms with Gasteiger partial charge in [0.1, 0.15) is 12.4 Å². The summed E-state index contributed by atoms with van der Waals surface area (Å²) < 4.78 is 5.78. The van der Waals surface area contributed by atoms with Crippen LogP contribution in [0.25, 0.3) is 11.1 Å². The summed E-state index contributed by atoms with van der Waals surface area (Å²) in [5.41, 5.74) is 6.02. The molecule has 3 aromatic rings. The van der Waals surface area contributed by atoms with Crippen molar-refractivity contribution in [2.45, 2.75) is 25.7 Å². The van der Waals surface area contributed by atoms with E-state index in [2.05, 4.69) is 29.2 Å². The lowest BCUT2D eigenvalue weighted by molar-refractivity contribution is 0.0695. The van der Waals surface area contributed by atoms with E-state index in [1.54, 1.807) is 13.0 Å². The number of pyridine rings is 1. The Morgan fingerprint density at radius 3 is 2.39 bits per heavy atom. The number of anilines is 1. The van der Waals surface area contributed by atoms with Crippen LogP contribution in [0.15, 0.2) is 54.6 Å². The highest BCUT2D eigenvalue weighted by Crippen LogP contribution is 2.44. The first-order valence-corrected chi connectivity index (χ1v) is 10.4. The molecule has 1 aliphatic carbocycles. The molecule has 1 aliphatic heterocycles. The van der Waals surface area contributed by atoms with E-state index in [0.29, 0.717) is 24.5 Å². The molecular formula is C25H22N2O4. The number of nitrogens with zero attached hydrogens (tertiary/aromatic N) is 2. The van der Waals surface area contributed by atoms with Gasteiger partial charge in [-0.2, -0.15) is 0 Å². The summed E-state index contributed by atoms with van der Waals surface area (Å²) in [5, 5.41) is 9.36. The normalized spacial score (nSPS) is 14.5. The van der Waals surface area contributed by atoms with Crippen LogP contribution in [0.1, 0.15) is 45.1 Å². The summed E-state index contributed by atoms with van der Waals surface area (Å²) in [7, 11) is 0. The summed E-state index contributed by atoms with van der Waals surface area (Å²) in [4.78, 5) is 30.4. The summed E-state index contributed by atoms with van der Waals surface area (Å²) >= 11 is 0. The number of amides is 1. The smallest absolute Gasteiger partial charge is 0.415 e. The van der Waals surface area contributed by atoms with Gasteiger partial charge in [0.2, 0.25) is 0 Å². The van der Waals surface area contributed by atoms with Crippen molar-refractivity contribution in [3.63, 3.8) is 0 Å². The van der Waals surface area contributed by atoms with E-state index in [-0.39, 0.29) is 18.1 Å². The zero-order chi connectivity index (χ0) is 21.5. The molecule has 2 aliphatic rings. The van der Waals surface area contributed by atoms with Crippen molar-refractivity contribution in [2.75, 3.05) is 18.1 Å². The van der Waals surface area contributed by atoms with Gasteiger partial charge in [-0.3, -0.25) is 4.90 Å². The molecule has 156 valence electrons. The largest absolute Gasteiger partial charge is 0.478 e. The summed E-state index contributed by atoms with van der Waals surface area (Å²) in [5.74, 6) is -0.512. The van der Waals surface area contributed by atoms with Gasteiger partial charge in [-0.05, 0) is 53.6 Å². The average molecular weight is 414 g/mol. The van der Waals surface area contributed by atoms with E-state index >= 15 is 0 Å². The maximum atomic E-state index is 13.0. The second-order valence-electron chi connectivity index (χ2n) is 7.97. The number of rotatable bonds is 3. The Morgan fingerprint density at radius 2 is 1.74 bits per heavy atom. The van der Waals surface area contributed by atoms with Crippen LogP contribution >= 0.6 is 0 Å². The number of fused-ring (bicyclic) bond motifs is 4. The van der Waals surface area contributed by atoms with Crippen molar-refractivity contribution in [2.24, 2.45) is 0 Å². The number of ether oxygens (including phenoxy) is 1. The zero-order valence-corrected chi connectivity index (χ0v) is 17.2. The third kappa shape index (κ3) is 3.24. The highest BCUT2D eigenvalue weighted by atomic mass is 16.6. The third-order valence-corrected chi connectivity index (χ3v) is 6.14. The maximum Gasteiger partial charge on any atom is 0.415 e. The van der Waals surface area contributed by atoms with Crippen molar-refractivity contribution in [3.05, 3.63) is 82.5 Å². The van der Waals surface area contributed by atoms with Crippen molar-refractivity contribution in [3.8, 4) is 11.1 Å². The number of benzene rings is 2. The van der Waals surface area contributed by atoms with Crippen LogP contribution < -0.4 is 4.90 Å². The minimum atomic E-state index is -1.01. The van der Waals surface area contributed by atoms with Gasteiger partial charge in [0, 0.05) is 12.5 Å². The molecule has 0 radical (unpaired) electrons. The molecule has 2 heterocycles. The number of carbonyl (C=O) groups excluding carboxylic acids is 1. The minimum Gasteiger partial charge on any atom is -0.478 e. The van der Waals surface area contributed by atoms with E-state index in [0.717, 1.165) is 23.1 Å². The van der Waals surface area contributed by atoms with Crippen LogP contribution in [0, 0.1) is 6.92 Å². The van der Waals surface area contributed by atoms with E-state index in [4.69, 9.17) is 4.74 Å². The molecule has 1 N–H and O–H groups in total. The molecule has 31 heavy (non-hydrogen) atoms. The lowest BCUT2D eigenvalue weighted by atomic mass is 9.98. The molecule has 6 heteroatoms. The van der Waals surface area contributed by atoms with Crippen LogP contribution in [0.4, 0.5) is 10.6 Å². The van der Waals surface area contributed by atoms with Crippen molar-refractivity contribution in [1.82, 2.24) is 4.98 Å². The second-order valence-corrected chi connectivity index (χ2v) is 7.97. The number of aromatic carboxylic acids is 1. The average Bonchev–Trinajstić information content (AvgIpc) is 3.10. The maximum absolute atomic E-state index is 13.0. The molecule has 1 amide bonds. The van der Waals surface area contributed by atoms with Crippen LogP contribution in [0.2, 0.25) is 0 Å². The second kappa shape index (κ2) is 7.54. The van der Waals surface area contributed by atoms with E-state index in [9.17, 15) is 14.7 Å². The molecule has 0 atom stereocenters. The quantitative estimate of drug-likeness (QED) is 0.667. The Balaban J connectivity index is 1.39. The van der Waals surface area contributed by atoms with Gasteiger partial charge < -0.3 is 9.84 Å². The summed E-state index contributed by atoms with van der Waals surface area (Å²) in [6.45, 7) is 2.39. The van der Waals surface area contributed by atoms with E-state index < -0.39 is 12.1 Å². The predicted octanol–water partition coefficient (Wildman–Crippen LogP) is 4.79. The lowest BCUT2D eigenvalue weighted by Crippen LogP contribution is -2.37. The topological polar surface area (TPSA) is 79.7 Å². The SMILES string of the molecule is Cc1nc2c(cc1C(=O)O)CCCN2C(=O)OCC1c2ccccc2-c2ccccc21. The fourth-order valence-electron chi connectivity index (χ4n) is 4.65. The number of aromatic nitrogens is 1. The molecule has 2 aromatic carbocycles. The molecule has 0 saturated carbocycles. The first-order chi connectivity index (χ1) is 15.0. The lowest BCUT2D eigenvalue weighted by Gasteiger charge is -2.28. The number of carboxylic acids is 1. The fraction of sp³-hybridized carbons (Fsp3) is 0.240. The van der Waals surface area contributed by atoms with Gasteiger partial charge >= 0.3 is 12.1 Å². The first-order valence-electron chi connectivity index (χ1n) is 10.4. The van der Waals surface area contributed by atoms with E-state index in [1.807, 2.05) is 24.3 Å². The van der Waals surface area contributed by atoms with Gasteiger partial charge in [-0.15, -0.1) is 0 Å². The predicted molar refractivity (Wildman–Crippen MR) is 117 cm³/mol. The molecule has 0 saturated heterocycles. The van der Waals surface area contributed by atoms with E-state index in [1.165, 1.54) is 16.0 Å². The molecule has 0 fully saturated rings. The van der Waals surface area contributed by atoms with Crippen LogP contribution in [-0.2, 0) is 11.2 Å². The molecule has 0 spiro atoms. The van der Waals surface area contributed by atoms with Gasteiger partial charge in [0.25, 0.3) is 0 Å². The Morgan fingerprint density at radius 1 is 1.10 bits per heavy atom. The number of carboxylic acid groups (broad SMARTS) is 1. The monoisotopic (exact) mass is 414 g/mol. The molecule has 0 bridgehead atoms. The van der Waals surface area contributed by atoms with Crippen molar-refractivity contribution < 1.29 is 19.4 Å². The van der Waals surface area contributed by atoms with Crippen molar-refractivity contribution in [1.29, 1.82) is 0 Å². The number of carbonyl (C=O) groups is 2. The van der Waals surface area contributed by atoms with Gasteiger partial charge in [-0.25, -0.2) is 14.6 Å². The van der Waals surface area contributed by atoms with Gasteiger partial charge in [0.15, 0.2) is 0 Å². The number of hydrogen-bond donors (Lipinski definition) is 1. The highest BCUT2D eigenvalue weighted by Gasteiger charge is 2.31. The third-order valence-electron chi connectivity index (χ3n) is 6.14. The Labute approximate surface area is 180 Å². The molecule has 1 aromatic heterocycles. The van der Waals surface area contributed by atoms with Crippen LogP contribution in [0.5, 0.6) is 0 Å². The Kier molecular flexibility index (Phi) is 4.70. The molecule has 6 nitrogen and oxygen atoms in total. The molecule has 0 unspecified atom stereocenters. The van der Waals surface area contributed by atoms with Crippen LogP contribution in [0.3, 0.4) is 0 Å². The minimum absolute atomic E-state index is 0.00954. The summed E-state index contributed by atoms with van der Waals surface area (Å²) in [6, 6.07) is 18.1. The van der Waals surface area contributed by atoms with Gasteiger partial charge in [0.05, 0.1) is 11.3 Å². The van der Waals surface area contributed by atoms with Crippen molar-refractivity contribution >= 4 is 17.9 Å². The first kappa shape index (κ1) is 19.3.